The van der Waals surface area contributed by atoms with E-state index in [9.17, 15) is 14.0 Å². The van der Waals surface area contributed by atoms with Crippen molar-refractivity contribution in [3.63, 3.8) is 0 Å². The molecule has 0 radical (unpaired) electrons. The number of anilines is 1. The number of thiazole rings is 1. The third-order valence-electron chi connectivity index (χ3n) is 6.10. The molecule has 37 heavy (non-hydrogen) atoms. The predicted molar refractivity (Wildman–Crippen MR) is 148 cm³/mol. The first kappa shape index (κ1) is 27.5. The maximum absolute atomic E-state index is 14.3. The fourth-order valence-corrected chi connectivity index (χ4v) is 5.72. The number of benzene rings is 2. The lowest BCUT2D eigenvalue weighted by molar-refractivity contribution is -0.119. The van der Waals surface area contributed by atoms with E-state index in [2.05, 4.69) is 26.2 Å². The molecule has 0 bridgehead atoms. The molecule has 2 amide bonds. The molecule has 1 saturated heterocycles. The lowest BCUT2D eigenvalue weighted by atomic mass is 9.71. The first-order valence-electron chi connectivity index (χ1n) is 11.8. The quantitative estimate of drug-likeness (QED) is 0.324. The SMILES string of the molecule is Cc1nc(NC(=O)CC2(c3ccc(Br)cc3)CN(C(=O)OC(C)(C)C)C2)sc1Cc1ccc(Cl)cc1F. The third-order valence-corrected chi connectivity index (χ3v) is 7.94. The van der Waals surface area contributed by atoms with Crippen LogP contribution in [0.15, 0.2) is 46.9 Å². The van der Waals surface area contributed by atoms with Gasteiger partial charge in [-0.05, 0) is 63.1 Å². The zero-order valence-electron chi connectivity index (χ0n) is 21.0. The van der Waals surface area contributed by atoms with Crippen LogP contribution in [0, 0.1) is 12.7 Å². The summed E-state index contributed by atoms with van der Waals surface area (Å²) in [4.78, 5) is 32.7. The zero-order valence-corrected chi connectivity index (χ0v) is 24.2. The maximum Gasteiger partial charge on any atom is 0.410 e. The van der Waals surface area contributed by atoms with Crippen LogP contribution in [-0.4, -0.2) is 40.6 Å². The van der Waals surface area contributed by atoms with Crippen LogP contribution in [0.1, 0.15) is 48.9 Å². The summed E-state index contributed by atoms with van der Waals surface area (Å²) in [6.07, 6.45) is 0.138. The summed E-state index contributed by atoms with van der Waals surface area (Å²) in [6, 6.07) is 12.4. The summed E-state index contributed by atoms with van der Waals surface area (Å²) in [6.45, 7) is 8.05. The highest BCUT2D eigenvalue weighted by Gasteiger charge is 2.49. The number of aryl methyl sites for hydroxylation is 1. The van der Waals surface area contributed by atoms with E-state index in [-0.39, 0.29) is 18.1 Å². The van der Waals surface area contributed by atoms with E-state index < -0.39 is 17.1 Å². The number of amides is 2. The molecule has 0 unspecified atom stereocenters. The number of carbonyl (C=O) groups is 2. The van der Waals surface area contributed by atoms with Crippen molar-refractivity contribution in [2.45, 2.75) is 51.6 Å². The Morgan fingerprint density at radius 2 is 1.89 bits per heavy atom. The largest absolute Gasteiger partial charge is 0.444 e. The second-order valence-electron chi connectivity index (χ2n) is 10.3. The Morgan fingerprint density at radius 1 is 1.22 bits per heavy atom. The summed E-state index contributed by atoms with van der Waals surface area (Å²) in [5, 5.41) is 3.71. The Hall–Kier alpha value is -2.49. The monoisotopic (exact) mass is 607 g/mol. The van der Waals surface area contributed by atoms with Crippen molar-refractivity contribution in [1.82, 2.24) is 9.88 Å². The number of hydrogen-bond acceptors (Lipinski definition) is 5. The molecule has 4 rings (SSSR count). The van der Waals surface area contributed by atoms with Crippen LogP contribution in [-0.2, 0) is 21.4 Å². The van der Waals surface area contributed by atoms with Gasteiger partial charge in [0.15, 0.2) is 5.13 Å². The summed E-state index contributed by atoms with van der Waals surface area (Å²) in [5.41, 5.74) is 1.08. The lowest BCUT2D eigenvalue weighted by Crippen LogP contribution is -2.62. The number of aromatic nitrogens is 1. The van der Waals surface area contributed by atoms with E-state index in [1.165, 1.54) is 17.4 Å². The van der Waals surface area contributed by atoms with Crippen molar-refractivity contribution in [3.8, 4) is 0 Å². The van der Waals surface area contributed by atoms with Gasteiger partial charge >= 0.3 is 6.09 Å². The first-order chi connectivity index (χ1) is 17.3. The van der Waals surface area contributed by atoms with Gasteiger partial charge in [0.25, 0.3) is 0 Å². The van der Waals surface area contributed by atoms with Crippen molar-refractivity contribution in [2.75, 3.05) is 18.4 Å². The summed E-state index contributed by atoms with van der Waals surface area (Å²) < 4.78 is 20.7. The fourth-order valence-electron chi connectivity index (χ4n) is 4.29. The standard InChI is InChI=1S/C27H28BrClFN3O3S/c1-16-22(11-17-5-10-20(29)12-21(17)30)37-24(31-16)32-23(34)13-27(18-6-8-19(28)9-7-18)14-33(15-27)25(35)36-26(2,3)4/h5-10,12H,11,13-15H2,1-4H3,(H,31,32,34). The van der Waals surface area contributed by atoms with Gasteiger partial charge in [-0.3, -0.25) is 4.79 Å². The van der Waals surface area contributed by atoms with E-state index in [1.54, 1.807) is 17.0 Å². The van der Waals surface area contributed by atoms with Crippen LogP contribution in [0.5, 0.6) is 0 Å². The second kappa shape index (κ2) is 10.7. The van der Waals surface area contributed by atoms with Crippen LogP contribution in [0.4, 0.5) is 14.3 Å². The molecule has 196 valence electrons. The normalized spacial score (nSPS) is 14.7. The predicted octanol–water partition coefficient (Wildman–Crippen LogP) is 7.11. The molecular formula is C27H28BrClFN3O3S. The van der Waals surface area contributed by atoms with E-state index in [1.807, 2.05) is 52.0 Å². The Kier molecular flexibility index (Phi) is 7.97. The number of halogens is 3. The minimum atomic E-state index is -0.598. The second-order valence-corrected chi connectivity index (χ2v) is 12.7. The molecule has 0 aliphatic carbocycles. The molecule has 1 aliphatic rings. The van der Waals surface area contributed by atoms with E-state index in [0.717, 1.165) is 20.6 Å². The number of hydrogen-bond donors (Lipinski definition) is 1. The Balaban J connectivity index is 1.47. The van der Waals surface area contributed by atoms with Gasteiger partial charge in [-0.15, -0.1) is 11.3 Å². The number of likely N-dealkylation sites (tertiary alicyclic amines) is 1. The molecule has 1 aliphatic heterocycles. The number of nitrogens with one attached hydrogen (secondary N) is 1. The topological polar surface area (TPSA) is 71.5 Å². The third kappa shape index (κ3) is 6.69. The average molecular weight is 609 g/mol. The number of carbonyl (C=O) groups excluding carboxylic acids is 2. The van der Waals surface area contributed by atoms with Crippen molar-refractivity contribution < 1.29 is 18.7 Å². The fraction of sp³-hybridized carbons (Fsp3) is 0.370. The first-order valence-corrected chi connectivity index (χ1v) is 13.8. The minimum absolute atomic E-state index is 0.174. The Labute approximate surface area is 233 Å². The molecule has 2 heterocycles. The average Bonchev–Trinajstić information content (AvgIpc) is 3.10. The summed E-state index contributed by atoms with van der Waals surface area (Å²) >= 11 is 10.6. The molecule has 2 aromatic carbocycles. The molecule has 1 aromatic heterocycles. The van der Waals surface area contributed by atoms with Crippen LogP contribution < -0.4 is 5.32 Å². The number of rotatable bonds is 6. The molecule has 0 saturated carbocycles. The highest BCUT2D eigenvalue weighted by atomic mass is 79.9. The molecule has 6 nitrogen and oxygen atoms in total. The highest BCUT2D eigenvalue weighted by molar-refractivity contribution is 9.10. The van der Waals surface area contributed by atoms with Crippen LogP contribution in [0.3, 0.4) is 0 Å². The summed E-state index contributed by atoms with van der Waals surface area (Å²) in [7, 11) is 0. The van der Waals surface area contributed by atoms with Gasteiger partial charge in [0.1, 0.15) is 11.4 Å². The van der Waals surface area contributed by atoms with Gasteiger partial charge in [-0.25, -0.2) is 14.2 Å². The molecule has 1 N–H and O–H groups in total. The highest BCUT2D eigenvalue weighted by Crippen LogP contribution is 2.39. The minimum Gasteiger partial charge on any atom is -0.444 e. The molecular weight excluding hydrogens is 581 g/mol. The van der Waals surface area contributed by atoms with E-state index in [0.29, 0.717) is 35.2 Å². The molecule has 3 aromatic rings. The molecule has 10 heteroatoms. The molecule has 1 fully saturated rings. The van der Waals surface area contributed by atoms with Crippen molar-refractivity contribution in [3.05, 3.63) is 79.5 Å². The number of nitrogens with zero attached hydrogens (tertiary/aromatic N) is 2. The van der Waals surface area contributed by atoms with Gasteiger partial charge in [-0.1, -0.05) is 45.7 Å². The van der Waals surface area contributed by atoms with Crippen molar-refractivity contribution in [1.29, 1.82) is 0 Å². The summed E-state index contributed by atoms with van der Waals surface area (Å²) in [5.74, 6) is -0.577. The van der Waals surface area contributed by atoms with Crippen LogP contribution >= 0.6 is 38.9 Å². The van der Waals surface area contributed by atoms with Crippen molar-refractivity contribution in [2.24, 2.45) is 0 Å². The maximum atomic E-state index is 14.3. The van der Waals surface area contributed by atoms with Crippen molar-refractivity contribution >= 4 is 56.0 Å². The lowest BCUT2D eigenvalue weighted by Gasteiger charge is -2.50. The van der Waals surface area contributed by atoms with E-state index in [4.69, 9.17) is 16.3 Å². The smallest absolute Gasteiger partial charge is 0.410 e. The number of ether oxygens (including phenoxy) is 1. The van der Waals surface area contributed by atoms with Gasteiger partial charge in [0, 0.05) is 45.7 Å². The Bertz CT molecular complexity index is 1320. The van der Waals surface area contributed by atoms with Gasteiger partial charge in [0.05, 0.1) is 5.69 Å². The Morgan fingerprint density at radius 3 is 2.51 bits per heavy atom. The van der Waals surface area contributed by atoms with E-state index >= 15 is 0 Å². The molecule has 0 spiro atoms. The van der Waals surface area contributed by atoms with Crippen LogP contribution in [0.25, 0.3) is 0 Å². The van der Waals surface area contributed by atoms with Gasteiger partial charge in [-0.2, -0.15) is 0 Å². The van der Waals surface area contributed by atoms with Gasteiger partial charge in [0.2, 0.25) is 5.91 Å². The van der Waals surface area contributed by atoms with Gasteiger partial charge < -0.3 is 15.0 Å². The van der Waals surface area contributed by atoms with Crippen LogP contribution in [0.2, 0.25) is 5.02 Å². The zero-order chi connectivity index (χ0) is 27.0. The molecule has 0 atom stereocenters.